The van der Waals surface area contributed by atoms with E-state index in [-0.39, 0.29) is 0 Å². The molecule has 1 aliphatic carbocycles. The summed E-state index contributed by atoms with van der Waals surface area (Å²) in [6, 6.07) is 0. The van der Waals surface area contributed by atoms with Crippen molar-refractivity contribution in [3.05, 3.63) is 35.4 Å². The Hall–Kier alpha value is 0.420. The zero-order valence-electron chi connectivity index (χ0n) is 5.68. The fourth-order valence-electron chi connectivity index (χ4n) is 0.913. The Morgan fingerprint density at radius 3 is 3.00 bits per heavy atom. The quantitative estimate of drug-likeness (QED) is 0.614. The summed E-state index contributed by atoms with van der Waals surface area (Å²) in [5.41, 5.74) is 0. The third kappa shape index (κ3) is 1.96. The summed E-state index contributed by atoms with van der Waals surface area (Å²) in [4.78, 5) is 0. The molecule has 1 unspecified atom stereocenters. The smallest absolute Gasteiger partial charge is 0.0326 e. The zero-order chi connectivity index (χ0) is 7.52. The predicted octanol–water partition coefficient (Wildman–Crippen LogP) is 5.02. The van der Waals surface area contributed by atoms with Crippen LogP contribution in [0.5, 0.6) is 0 Å². The fourth-order valence-corrected chi connectivity index (χ4v) is 8.80. The van der Waals surface area contributed by atoms with Crippen molar-refractivity contribution in [1.29, 1.82) is 0 Å². The van der Waals surface area contributed by atoms with Crippen LogP contribution in [0.3, 0.4) is 0 Å². The van der Waals surface area contributed by atoms with Gasteiger partial charge in [-0.05, 0) is 42.7 Å². The summed E-state index contributed by atoms with van der Waals surface area (Å²) in [7, 11) is 5.98. The van der Waals surface area contributed by atoms with E-state index >= 15 is 0 Å². The van der Waals surface area contributed by atoms with Crippen LogP contribution in [-0.4, -0.2) is 0 Å². The first-order chi connectivity index (χ1) is 5.47. The lowest BCUT2D eigenvalue weighted by molar-refractivity contribution is 1.12. The molecule has 1 heterocycles. The molecule has 1 aliphatic rings. The molecule has 0 saturated heterocycles. The number of hydrogen-bond donors (Lipinski definition) is 0. The van der Waals surface area contributed by atoms with Crippen molar-refractivity contribution in [2.24, 2.45) is 0 Å². The van der Waals surface area contributed by atoms with E-state index < -0.39 is 0 Å². The minimum Gasteiger partial charge on any atom is -0.0723 e. The molecule has 0 aliphatic heterocycles. The van der Waals surface area contributed by atoms with Gasteiger partial charge in [-0.3, -0.25) is 0 Å². The number of allylic oxidation sites excluding steroid dienone is 4. The van der Waals surface area contributed by atoms with Gasteiger partial charge >= 0.3 is 0 Å². The first-order valence-corrected chi connectivity index (χ1v) is 9.00. The Bertz CT molecular complexity index is 279. The third-order valence-corrected chi connectivity index (χ3v) is 9.42. The van der Waals surface area contributed by atoms with Gasteiger partial charge in [0, 0.05) is 11.2 Å². The van der Waals surface area contributed by atoms with Gasteiger partial charge in [0.2, 0.25) is 0 Å². The average Bonchev–Trinajstić information content (AvgIpc) is 2.58. The van der Waals surface area contributed by atoms with Crippen molar-refractivity contribution in [1.82, 2.24) is 0 Å². The molecule has 0 amide bonds. The van der Waals surface area contributed by atoms with E-state index in [4.69, 9.17) is 0 Å². The summed E-state index contributed by atoms with van der Waals surface area (Å²) >= 11 is 0. The molecular weight excluding hydrogens is 208 g/mol. The van der Waals surface area contributed by atoms with Crippen LogP contribution in [0.15, 0.2) is 24.0 Å². The van der Waals surface area contributed by atoms with Crippen LogP contribution in [0.4, 0.5) is 0 Å². The molecule has 53 valence electrons. The Labute approximate surface area is 72.5 Å². The molecule has 0 nitrogen and oxygen atoms in total. The second-order valence-corrected chi connectivity index (χ2v) is 9.29. The molecular formula is C7H5P4. The van der Waals surface area contributed by atoms with Crippen molar-refractivity contribution >= 4 is 30.8 Å². The van der Waals surface area contributed by atoms with E-state index in [2.05, 4.69) is 24.0 Å². The van der Waals surface area contributed by atoms with Crippen molar-refractivity contribution in [3.63, 3.8) is 0 Å². The van der Waals surface area contributed by atoms with Crippen LogP contribution in [0.1, 0.15) is 11.2 Å². The van der Waals surface area contributed by atoms with Gasteiger partial charge in [0.25, 0.3) is 0 Å². The van der Waals surface area contributed by atoms with Crippen LogP contribution in [0, 0.1) is 6.08 Å². The maximum absolute atomic E-state index is 3.30. The SMILES string of the molecule is [C]1=CC=CC1c1cpppp1. The summed E-state index contributed by atoms with van der Waals surface area (Å²) in [5, 5.41) is 1.53. The molecule has 1 aromatic heterocycles. The van der Waals surface area contributed by atoms with E-state index in [1.165, 1.54) is 36.1 Å². The molecule has 0 spiro atoms. The highest BCUT2D eigenvalue weighted by molar-refractivity contribution is 8.29. The van der Waals surface area contributed by atoms with Crippen LogP contribution in [-0.2, 0) is 0 Å². The lowest BCUT2D eigenvalue weighted by Gasteiger charge is -2.00. The van der Waals surface area contributed by atoms with Crippen molar-refractivity contribution in [2.45, 2.75) is 5.92 Å². The van der Waals surface area contributed by atoms with Crippen molar-refractivity contribution in [2.75, 3.05) is 0 Å². The molecule has 2 rings (SSSR count). The highest BCUT2D eigenvalue weighted by Gasteiger charge is 2.06. The second-order valence-electron chi connectivity index (χ2n) is 2.14. The van der Waals surface area contributed by atoms with Gasteiger partial charge in [0.15, 0.2) is 0 Å². The normalized spacial score (nSPS) is 18.9. The third-order valence-electron chi connectivity index (χ3n) is 1.44. The van der Waals surface area contributed by atoms with E-state index in [1.807, 2.05) is 6.08 Å². The lowest BCUT2D eigenvalue weighted by atomic mass is 10.1. The highest BCUT2D eigenvalue weighted by atomic mass is 32.3. The minimum atomic E-state index is 0.493. The average molecular weight is 213 g/mol. The van der Waals surface area contributed by atoms with Crippen molar-refractivity contribution < 1.29 is 0 Å². The second kappa shape index (κ2) is 3.89. The maximum Gasteiger partial charge on any atom is 0.0326 e. The van der Waals surface area contributed by atoms with Crippen molar-refractivity contribution in [3.8, 4) is 0 Å². The predicted molar refractivity (Wildman–Crippen MR) is 56.2 cm³/mol. The molecule has 0 bridgehead atoms. The van der Waals surface area contributed by atoms with Gasteiger partial charge in [-0.25, -0.2) is 0 Å². The molecule has 1 atom stereocenters. The van der Waals surface area contributed by atoms with E-state index in [9.17, 15) is 0 Å². The van der Waals surface area contributed by atoms with E-state index in [1.54, 1.807) is 0 Å². The number of hydrogen-bond acceptors (Lipinski definition) is 0. The van der Waals surface area contributed by atoms with Gasteiger partial charge in [0.05, 0.1) is 0 Å². The molecule has 0 fully saturated rings. The Kier molecular flexibility index (Phi) is 2.84. The molecule has 0 saturated carbocycles. The monoisotopic (exact) mass is 213 g/mol. The molecule has 11 heavy (non-hydrogen) atoms. The Morgan fingerprint density at radius 2 is 2.36 bits per heavy atom. The van der Waals surface area contributed by atoms with Crippen LogP contribution >= 0.6 is 30.8 Å². The van der Waals surface area contributed by atoms with Gasteiger partial charge in [-0.1, -0.05) is 18.2 Å². The van der Waals surface area contributed by atoms with Gasteiger partial charge in [-0.2, -0.15) is 0 Å². The summed E-state index contributed by atoms with van der Waals surface area (Å²) < 4.78 is 0. The summed E-state index contributed by atoms with van der Waals surface area (Å²) in [6.07, 6.45) is 9.62. The van der Waals surface area contributed by atoms with Crippen LogP contribution in [0.2, 0.25) is 0 Å². The Balaban J connectivity index is 2.30. The minimum absolute atomic E-state index is 0.493. The molecule has 0 N–H and O–H groups in total. The Morgan fingerprint density at radius 1 is 1.36 bits per heavy atom. The maximum atomic E-state index is 3.30. The fraction of sp³-hybridized carbons (Fsp3) is 0.143. The first kappa shape index (κ1) is 8.04. The summed E-state index contributed by atoms with van der Waals surface area (Å²) in [6.45, 7) is 0. The molecule has 0 aromatic carbocycles. The highest BCUT2D eigenvalue weighted by Crippen LogP contribution is 2.43. The van der Waals surface area contributed by atoms with Crippen LogP contribution in [0.25, 0.3) is 0 Å². The van der Waals surface area contributed by atoms with E-state index in [0.29, 0.717) is 5.92 Å². The largest absolute Gasteiger partial charge is 0.0723 e. The lowest BCUT2D eigenvalue weighted by Crippen LogP contribution is -1.81. The molecule has 1 aromatic rings. The van der Waals surface area contributed by atoms with E-state index in [0.717, 1.165) is 0 Å². The topological polar surface area (TPSA) is 0 Å². The zero-order valence-corrected chi connectivity index (χ0v) is 9.25. The van der Waals surface area contributed by atoms with Gasteiger partial charge in [0.1, 0.15) is 0 Å². The van der Waals surface area contributed by atoms with Gasteiger partial charge in [-0.15, -0.1) is 0 Å². The molecule has 1 radical (unpaired) electrons. The molecule has 4 heteroatoms. The van der Waals surface area contributed by atoms with Crippen LogP contribution < -0.4 is 0 Å². The summed E-state index contributed by atoms with van der Waals surface area (Å²) in [5.74, 6) is 2.83. The standard InChI is InChI=1S/C7H5P4/c1-2-4-6(3-1)7-5-8-10-11-9-7/h1-3,5-6H. The number of rotatable bonds is 1. The first-order valence-electron chi connectivity index (χ1n) is 3.24. The van der Waals surface area contributed by atoms with Gasteiger partial charge < -0.3 is 0 Å².